The molecule has 5 rings (SSSR count). The van der Waals surface area contributed by atoms with Crippen LogP contribution in [0.4, 0.5) is 5.69 Å². The van der Waals surface area contributed by atoms with E-state index in [2.05, 4.69) is 39.8 Å². The number of rotatable bonds is 6. The second kappa shape index (κ2) is 10.9. The first-order valence-electron chi connectivity index (χ1n) is 12.7. The predicted molar refractivity (Wildman–Crippen MR) is 139 cm³/mol. The zero-order valence-corrected chi connectivity index (χ0v) is 20.1. The molecule has 180 valence electrons. The van der Waals surface area contributed by atoms with Gasteiger partial charge >= 0.3 is 0 Å². The molecule has 35 heavy (non-hydrogen) atoms. The van der Waals surface area contributed by atoms with Crippen molar-refractivity contribution in [1.29, 1.82) is 0 Å². The number of fused-ring (bicyclic) bond motifs is 1. The van der Waals surface area contributed by atoms with Crippen LogP contribution in [0.15, 0.2) is 72.8 Å². The third-order valence-corrected chi connectivity index (χ3v) is 7.19. The van der Waals surface area contributed by atoms with Crippen molar-refractivity contribution in [3.8, 4) is 0 Å². The second-order valence-corrected chi connectivity index (χ2v) is 9.73. The third kappa shape index (κ3) is 5.80. The second-order valence-electron chi connectivity index (χ2n) is 9.73. The van der Waals surface area contributed by atoms with E-state index in [4.69, 9.17) is 0 Å². The first-order chi connectivity index (χ1) is 17.2. The van der Waals surface area contributed by atoms with Crippen LogP contribution in [0.1, 0.15) is 69.5 Å². The summed E-state index contributed by atoms with van der Waals surface area (Å²) in [5, 5.41) is 6.09. The molecule has 0 spiro atoms. The van der Waals surface area contributed by atoms with Gasteiger partial charge in [-0.2, -0.15) is 0 Å². The Bertz CT molecular complexity index is 1180. The molecule has 3 aromatic rings. The van der Waals surface area contributed by atoms with E-state index in [-0.39, 0.29) is 17.9 Å². The molecule has 0 radical (unpaired) electrons. The highest BCUT2D eigenvalue weighted by Crippen LogP contribution is 2.22. The molecule has 1 heterocycles. The van der Waals surface area contributed by atoms with E-state index in [1.54, 1.807) is 12.1 Å². The normalized spacial score (nSPS) is 16.3. The predicted octanol–water partition coefficient (Wildman–Crippen LogP) is 5.56. The number of carbonyl (C=O) groups excluding carboxylic acids is 2. The maximum Gasteiger partial charge on any atom is 0.255 e. The van der Waals surface area contributed by atoms with Crippen molar-refractivity contribution in [3.05, 3.63) is 101 Å². The van der Waals surface area contributed by atoms with Gasteiger partial charge in [-0.3, -0.25) is 14.5 Å². The first kappa shape index (κ1) is 23.3. The van der Waals surface area contributed by atoms with Gasteiger partial charge in [0.15, 0.2) is 0 Å². The number of carbonyl (C=O) groups is 2. The van der Waals surface area contributed by atoms with Crippen molar-refractivity contribution in [2.24, 2.45) is 0 Å². The molecular weight excluding hydrogens is 434 g/mol. The zero-order chi connectivity index (χ0) is 24.0. The molecule has 5 heteroatoms. The fourth-order valence-electron chi connectivity index (χ4n) is 5.20. The summed E-state index contributed by atoms with van der Waals surface area (Å²) in [7, 11) is 0. The lowest BCUT2D eigenvalue weighted by molar-refractivity contribution is 0.0928. The van der Waals surface area contributed by atoms with Gasteiger partial charge < -0.3 is 10.6 Å². The van der Waals surface area contributed by atoms with Gasteiger partial charge in [-0.15, -0.1) is 0 Å². The Balaban J connectivity index is 1.20. The largest absolute Gasteiger partial charge is 0.349 e. The lowest BCUT2D eigenvalue weighted by atomic mass is 9.95. The monoisotopic (exact) mass is 467 g/mol. The number of nitrogens with zero attached hydrogens (tertiary/aromatic N) is 1. The quantitative estimate of drug-likeness (QED) is 0.499. The van der Waals surface area contributed by atoms with Crippen LogP contribution in [0.25, 0.3) is 0 Å². The third-order valence-electron chi connectivity index (χ3n) is 7.19. The SMILES string of the molecule is O=C(Nc1ccccc1C(=O)NC1CCCCC1)c1ccc(CN2CCc3ccccc3C2)cc1. The molecule has 1 saturated carbocycles. The Morgan fingerprint density at radius 2 is 1.51 bits per heavy atom. The maximum absolute atomic E-state index is 13.0. The molecule has 0 bridgehead atoms. The summed E-state index contributed by atoms with van der Waals surface area (Å²) in [4.78, 5) is 28.3. The number of para-hydroxylation sites is 1. The highest BCUT2D eigenvalue weighted by Gasteiger charge is 2.20. The molecule has 0 unspecified atom stereocenters. The maximum atomic E-state index is 13.0. The smallest absolute Gasteiger partial charge is 0.255 e. The molecule has 2 aliphatic rings. The van der Waals surface area contributed by atoms with Gasteiger partial charge in [-0.05, 0) is 60.2 Å². The number of hydrogen-bond acceptors (Lipinski definition) is 3. The highest BCUT2D eigenvalue weighted by molar-refractivity contribution is 6.09. The number of amides is 2. The number of benzene rings is 3. The van der Waals surface area contributed by atoms with Crippen molar-refractivity contribution >= 4 is 17.5 Å². The Kier molecular flexibility index (Phi) is 7.24. The highest BCUT2D eigenvalue weighted by atomic mass is 16.2. The molecule has 1 fully saturated rings. The van der Waals surface area contributed by atoms with Crippen molar-refractivity contribution in [3.63, 3.8) is 0 Å². The van der Waals surface area contributed by atoms with Crippen molar-refractivity contribution in [1.82, 2.24) is 10.2 Å². The van der Waals surface area contributed by atoms with Crippen molar-refractivity contribution < 1.29 is 9.59 Å². The van der Waals surface area contributed by atoms with Crippen LogP contribution >= 0.6 is 0 Å². The van der Waals surface area contributed by atoms with Crippen LogP contribution in [-0.4, -0.2) is 29.3 Å². The van der Waals surface area contributed by atoms with E-state index in [1.165, 1.54) is 23.1 Å². The summed E-state index contributed by atoms with van der Waals surface area (Å²) in [6.45, 7) is 2.86. The van der Waals surface area contributed by atoms with Gasteiger partial charge in [-0.25, -0.2) is 0 Å². The van der Waals surface area contributed by atoms with Crippen molar-refractivity contribution in [2.75, 3.05) is 11.9 Å². The fourth-order valence-corrected chi connectivity index (χ4v) is 5.20. The molecule has 5 nitrogen and oxygen atoms in total. The molecular formula is C30H33N3O2. The van der Waals surface area contributed by atoms with Crippen molar-refractivity contribution in [2.45, 2.75) is 57.7 Å². The van der Waals surface area contributed by atoms with Gasteiger partial charge in [0.1, 0.15) is 0 Å². The van der Waals surface area contributed by atoms with Crippen LogP contribution in [0.5, 0.6) is 0 Å². The molecule has 1 aliphatic carbocycles. The molecule has 0 saturated heterocycles. The summed E-state index contributed by atoms with van der Waals surface area (Å²) >= 11 is 0. The van der Waals surface area contributed by atoms with Gasteiger partial charge in [0, 0.05) is 31.2 Å². The van der Waals surface area contributed by atoms with Gasteiger partial charge in [-0.1, -0.05) is 67.8 Å². The van der Waals surface area contributed by atoms with E-state index in [0.717, 1.165) is 51.7 Å². The summed E-state index contributed by atoms with van der Waals surface area (Å²) in [5.41, 5.74) is 5.67. The summed E-state index contributed by atoms with van der Waals surface area (Å²) in [6.07, 6.45) is 6.68. The fraction of sp³-hybridized carbons (Fsp3) is 0.333. The number of hydrogen-bond donors (Lipinski definition) is 2. The Labute approximate surface area is 207 Å². The summed E-state index contributed by atoms with van der Waals surface area (Å²) < 4.78 is 0. The van der Waals surface area contributed by atoms with E-state index >= 15 is 0 Å². The van der Waals surface area contributed by atoms with Crippen LogP contribution in [0, 0.1) is 0 Å². The minimum Gasteiger partial charge on any atom is -0.349 e. The van der Waals surface area contributed by atoms with Gasteiger partial charge in [0.2, 0.25) is 0 Å². The molecule has 2 N–H and O–H groups in total. The Hall–Kier alpha value is -3.44. The van der Waals surface area contributed by atoms with Crippen LogP contribution < -0.4 is 10.6 Å². The average molecular weight is 468 g/mol. The minimum atomic E-state index is -0.207. The minimum absolute atomic E-state index is 0.119. The van der Waals surface area contributed by atoms with E-state index < -0.39 is 0 Å². The Morgan fingerprint density at radius 1 is 0.800 bits per heavy atom. The topological polar surface area (TPSA) is 61.4 Å². The molecule has 2 amide bonds. The van der Waals surface area contributed by atoms with E-state index in [9.17, 15) is 9.59 Å². The zero-order valence-electron chi connectivity index (χ0n) is 20.1. The van der Waals surface area contributed by atoms with E-state index in [1.807, 2.05) is 36.4 Å². The van der Waals surface area contributed by atoms with Gasteiger partial charge in [0.25, 0.3) is 11.8 Å². The molecule has 0 aromatic heterocycles. The Morgan fingerprint density at radius 3 is 2.31 bits per heavy atom. The van der Waals surface area contributed by atoms with Crippen LogP contribution in [0.2, 0.25) is 0 Å². The number of nitrogens with one attached hydrogen (secondary N) is 2. The molecule has 3 aromatic carbocycles. The molecule has 0 atom stereocenters. The van der Waals surface area contributed by atoms with E-state index in [0.29, 0.717) is 16.8 Å². The average Bonchev–Trinajstić information content (AvgIpc) is 2.90. The van der Waals surface area contributed by atoms with Gasteiger partial charge in [0.05, 0.1) is 11.3 Å². The molecule has 1 aliphatic heterocycles. The lowest BCUT2D eigenvalue weighted by Gasteiger charge is -2.28. The lowest BCUT2D eigenvalue weighted by Crippen LogP contribution is -2.36. The standard InChI is InChI=1S/C30H33N3O2/c34-29(32-28-13-7-6-12-27(28)30(35)31-26-10-2-1-3-11-26)24-16-14-22(15-17-24)20-33-19-18-23-8-4-5-9-25(23)21-33/h4-9,12-17,26H,1-3,10-11,18-21H2,(H,31,35)(H,32,34). The first-order valence-corrected chi connectivity index (χ1v) is 12.7. The summed E-state index contributed by atoms with van der Waals surface area (Å²) in [5.74, 6) is -0.326. The van der Waals surface area contributed by atoms with Crippen LogP contribution in [-0.2, 0) is 19.5 Å². The summed E-state index contributed by atoms with van der Waals surface area (Å²) in [6, 6.07) is 23.9. The number of anilines is 1. The van der Waals surface area contributed by atoms with Crippen LogP contribution in [0.3, 0.4) is 0 Å².